The van der Waals surface area contributed by atoms with Gasteiger partial charge in [0.25, 0.3) is 0 Å². The van der Waals surface area contributed by atoms with E-state index >= 15 is 0 Å². The van der Waals surface area contributed by atoms with Gasteiger partial charge in [-0.15, -0.1) is 0 Å². The van der Waals surface area contributed by atoms with E-state index < -0.39 is 57.6 Å². The second kappa shape index (κ2) is 38.8. The van der Waals surface area contributed by atoms with Gasteiger partial charge in [0.1, 0.15) is 12.7 Å². The molecular formula is C44H74NO10P. The summed E-state index contributed by atoms with van der Waals surface area (Å²) >= 11 is 0. The van der Waals surface area contributed by atoms with Crippen LogP contribution < -0.4 is 5.32 Å². The number of amides is 1. The topological polar surface area (TPSA) is 169 Å². The van der Waals surface area contributed by atoms with Crippen LogP contribution in [-0.2, 0) is 32.7 Å². The summed E-state index contributed by atoms with van der Waals surface area (Å²) < 4.78 is 26.7. The minimum Gasteiger partial charge on any atom is -0.480 e. The largest absolute Gasteiger partial charge is 0.480 e. The molecule has 4 N–H and O–H groups in total. The van der Waals surface area contributed by atoms with E-state index in [-0.39, 0.29) is 12.8 Å². The maximum atomic E-state index is 12.3. The fraction of sp³-hybridized carbons (Fsp3) is 0.659. The first kappa shape index (κ1) is 52.9. The molecule has 3 unspecified atom stereocenters. The van der Waals surface area contributed by atoms with Gasteiger partial charge in [-0.25, -0.2) is 9.36 Å². The molecule has 0 aliphatic carbocycles. The summed E-state index contributed by atoms with van der Waals surface area (Å²) in [6, 6.07) is -1.56. The van der Waals surface area contributed by atoms with Gasteiger partial charge in [0, 0.05) is 12.8 Å². The van der Waals surface area contributed by atoms with Crippen molar-refractivity contribution in [3.63, 3.8) is 0 Å². The van der Waals surface area contributed by atoms with Gasteiger partial charge in [-0.1, -0.05) is 138 Å². The maximum absolute atomic E-state index is 12.3. The monoisotopic (exact) mass is 808 g/mol. The third-order valence-corrected chi connectivity index (χ3v) is 9.43. The van der Waals surface area contributed by atoms with Crippen molar-refractivity contribution >= 4 is 25.7 Å². The van der Waals surface area contributed by atoms with Gasteiger partial charge in [-0.3, -0.25) is 18.6 Å². The van der Waals surface area contributed by atoms with Gasteiger partial charge in [0.15, 0.2) is 6.04 Å². The molecule has 12 heteroatoms. The molecule has 0 fully saturated rings. The molecule has 0 aromatic rings. The number of hydrogen-bond donors (Lipinski definition) is 4. The molecule has 0 aromatic carbocycles. The zero-order chi connectivity index (χ0) is 41.4. The summed E-state index contributed by atoms with van der Waals surface area (Å²) in [4.78, 5) is 45.8. The van der Waals surface area contributed by atoms with Crippen LogP contribution in [0.5, 0.6) is 0 Å². The van der Waals surface area contributed by atoms with Crippen molar-refractivity contribution in [3.05, 3.63) is 72.9 Å². The molecule has 1 amide bonds. The fourth-order valence-corrected chi connectivity index (χ4v) is 5.98. The number of unbranched alkanes of at least 4 members (excludes halogenated alkanes) is 12. The Kier molecular flexibility index (Phi) is 36.6. The third kappa shape index (κ3) is 37.8. The molecule has 0 saturated heterocycles. The number of carboxylic acid groups (broad SMARTS) is 1. The number of carbonyl (C=O) groups is 3. The van der Waals surface area contributed by atoms with E-state index in [0.717, 1.165) is 103 Å². The number of aliphatic carboxylic acids is 1. The van der Waals surface area contributed by atoms with Crippen molar-refractivity contribution in [1.82, 2.24) is 5.32 Å². The van der Waals surface area contributed by atoms with Crippen LogP contribution in [0.3, 0.4) is 0 Å². The standard InChI is InChI=1S/C44H74NO10P/c1-3-5-7-9-11-13-15-16-17-18-19-20-21-22-23-24-26-27-29-31-33-35-42(47)45-41(44(49)50)39-55-56(51,52)54-38-40(46)37-53-43(48)36-34-32-30-28-25-14-12-10-8-6-4-2/h5,7,10-13,16-17,19-20,22-23,40-41,46H,3-4,6,8-9,14-15,18,21,24-39H2,1-2H3,(H,45,47)(H,49,50)(H,51,52)/b7-5-,12-10-,13-11-,17-16-,20-19-,23-22-. The van der Waals surface area contributed by atoms with Crippen LogP contribution >= 0.6 is 7.82 Å². The van der Waals surface area contributed by atoms with E-state index in [1.165, 1.54) is 12.8 Å². The Hall–Kier alpha value is -3.08. The van der Waals surface area contributed by atoms with Crippen LogP contribution in [-0.4, -0.2) is 64.9 Å². The second-order valence-corrected chi connectivity index (χ2v) is 15.2. The van der Waals surface area contributed by atoms with Crippen LogP contribution in [0.4, 0.5) is 0 Å². The number of carboxylic acids is 1. The van der Waals surface area contributed by atoms with E-state index in [4.69, 9.17) is 13.8 Å². The Bertz CT molecular complexity index is 1230. The molecule has 0 aromatic heterocycles. The number of allylic oxidation sites excluding steroid dienone is 12. The van der Waals surface area contributed by atoms with Gasteiger partial charge in [0.05, 0.1) is 13.2 Å². The minimum absolute atomic E-state index is 0.119. The van der Waals surface area contributed by atoms with Crippen LogP contribution in [0.15, 0.2) is 72.9 Å². The SMILES string of the molecule is CC/C=C\C/C=C\C/C=C\C/C=C\C/C=C\CCCCCCCC(=O)NC(COP(=O)(O)OCC(O)COC(=O)CCCCCCC/C=C\CCCC)C(=O)O. The van der Waals surface area contributed by atoms with E-state index in [0.29, 0.717) is 12.8 Å². The Labute approximate surface area is 338 Å². The minimum atomic E-state index is -4.76. The number of aliphatic hydroxyl groups is 1. The molecule has 0 bridgehead atoms. The molecule has 0 spiro atoms. The normalized spacial score (nSPS) is 14.5. The number of nitrogens with one attached hydrogen (secondary N) is 1. The second-order valence-electron chi connectivity index (χ2n) is 13.8. The molecule has 0 aliphatic heterocycles. The number of rotatable bonds is 38. The number of aliphatic hydroxyl groups excluding tert-OH is 1. The lowest BCUT2D eigenvalue weighted by atomic mass is 10.1. The van der Waals surface area contributed by atoms with E-state index in [1.807, 2.05) is 0 Å². The summed E-state index contributed by atoms with van der Waals surface area (Å²) in [6.45, 7) is 2.39. The molecule has 0 rings (SSSR count). The number of phosphoric acid groups is 1. The lowest BCUT2D eigenvalue weighted by Gasteiger charge is -2.18. The third-order valence-electron chi connectivity index (χ3n) is 8.48. The molecule has 0 aliphatic rings. The fourth-order valence-electron chi connectivity index (χ4n) is 5.20. The predicted octanol–water partition coefficient (Wildman–Crippen LogP) is 10.6. The zero-order valence-electron chi connectivity index (χ0n) is 34.4. The van der Waals surface area contributed by atoms with Crippen LogP contribution in [0.1, 0.15) is 155 Å². The quantitative estimate of drug-likeness (QED) is 0.0204. The van der Waals surface area contributed by atoms with Crippen molar-refractivity contribution in [2.45, 2.75) is 167 Å². The Morgan fingerprint density at radius 2 is 1.04 bits per heavy atom. The summed E-state index contributed by atoms with van der Waals surface area (Å²) in [5.41, 5.74) is 0. The average Bonchev–Trinajstić information content (AvgIpc) is 3.17. The van der Waals surface area contributed by atoms with Gasteiger partial charge in [-0.05, 0) is 77.0 Å². The van der Waals surface area contributed by atoms with E-state index in [2.05, 4.69) is 92.1 Å². The first-order valence-corrected chi connectivity index (χ1v) is 22.5. The van der Waals surface area contributed by atoms with Gasteiger partial charge < -0.3 is 25.2 Å². The number of esters is 1. The summed E-state index contributed by atoms with van der Waals surface area (Å²) in [5, 5.41) is 21.8. The molecule has 320 valence electrons. The van der Waals surface area contributed by atoms with Crippen molar-refractivity contribution in [3.8, 4) is 0 Å². The van der Waals surface area contributed by atoms with Crippen LogP contribution in [0.25, 0.3) is 0 Å². The maximum Gasteiger partial charge on any atom is 0.472 e. The van der Waals surface area contributed by atoms with E-state index in [1.54, 1.807) is 0 Å². The number of phosphoric ester groups is 1. The molecular weight excluding hydrogens is 733 g/mol. The summed E-state index contributed by atoms with van der Waals surface area (Å²) in [7, 11) is -4.76. The number of carbonyl (C=O) groups excluding carboxylic acids is 2. The predicted molar refractivity (Wildman–Crippen MR) is 226 cm³/mol. The van der Waals surface area contributed by atoms with Crippen molar-refractivity contribution in [2.24, 2.45) is 0 Å². The van der Waals surface area contributed by atoms with Gasteiger partial charge in [0.2, 0.25) is 5.91 Å². The Balaban J connectivity index is 3.99. The molecule has 3 atom stereocenters. The lowest BCUT2D eigenvalue weighted by Crippen LogP contribution is -2.43. The number of hydrogen-bond acceptors (Lipinski definition) is 8. The van der Waals surface area contributed by atoms with Crippen LogP contribution in [0.2, 0.25) is 0 Å². The molecule has 11 nitrogen and oxygen atoms in total. The van der Waals surface area contributed by atoms with E-state index in [9.17, 15) is 34.1 Å². The number of ether oxygens (including phenoxy) is 1. The van der Waals surface area contributed by atoms with Crippen molar-refractivity contribution < 1.29 is 47.8 Å². The summed E-state index contributed by atoms with van der Waals surface area (Å²) in [5.74, 6) is -2.42. The highest BCUT2D eigenvalue weighted by atomic mass is 31.2. The molecule has 0 saturated carbocycles. The summed E-state index contributed by atoms with van der Waals surface area (Å²) in [6.07, 6.45) is 45.0. The Morgan fingerprint density at radius 1 is 0.589 bits per heavy atom. The van der Waals surface area contributed by atoms with Crippen molar-refractivity contribution in [1.29, 1.82) is 0 Å². The van der Waals surface area contributed by atoms with Gasteiger partial charge >= 0.3 is 19.8 Å². The average molecular weight is 808 g/mol. The first-order chi connectivity index (χ1) is 27.1. The lowest BCUT2D eigenvalue weighted by molar-refractivity contribution is -0.147. The highest BCUT2D eigenvalue weighted by Gasteiger charge is 2.28. The van der Waals surface area contributed by atoms with Gasteiger partial charge in [-0.2, -0.15) is 0 Å². The smallest absolute Gasteiger partial charge is 0.472 e. The Morgan fingerprint density at radius 3 is 1.57 bits per heavy atom. The highest BCUT2D eigenvalue weighted by Crippen LogP contribution is 2.43. The molecule has 56 heavy (non-hydrogen) atoms. The van der Waals surface area contributed by atoms with Crippen molar-refractivity contribution in [2.75, 3.05) is 19.8 Å². The van der Waals surface area contributed by atoms with Crippen LogP contribution in [0, 0.1) is 0 Å². The zero-order valence-corrected chi connectivity index (χ0v) is 35.3. The highest BCUT2D eigenvalue weighted by molar-refractivity contribution is 7.47. The molecule has 0 heterocycles. The first-order valence-electron chi connectivity index (χ1n) is 21.0. The molecule has 0 radical (unpaired) electrons.